The number of benzene rings is 1. The number of imidazole rings is 1. The second kappa shape index (κ2) is 5.81. The molecule has 2 aromatic heterocycles. The predicted octanol–water partition coefficient (Wildman–Crippen LogP) is 4.87. The highest BCUT2D eigenvalue weighted by Crippen LogP contribution is 2.39. The van der Waals surface area contributed by atoms with E-state index in [9.17, 15) is 0 Å². The van der Waals surface area contributed by atoms with Gasteiger partial charge in [-0.2, -0.15) is 0 Å². The number of nitrogens with one attached hydrogen (secondary N) is 2. The van der Waals surface area contributed by atoms with Crippen molar-refractivity contribution < 1.29 is 4.52 Å². The van der Waals surface area contributed by atoms with Crippen molar-refractivity contribution in [2.24, 2.45) is 4.99 Å². The Morgan fingerprint density at radius 2 is 1.96 bits per heavy atom. The molecule has 1 aromatic carbocycles. The highest BCUT2D eigenvalue weighted by Gasteiger charge is 2.27. The van der Waals surface area contributed by atoms with E-state index < -0.39 is 0 Å². The average molecular weight is 361 g/mol. The maximum atomic E-state index is 5.41. The lowest BCUT2D eigenvalue weighted by Crippen LogP contribution is -2.08. The molecule has 0 saturated heterocycles. The molecule has 27 heavy (non-hydrogen) atoms. The fourth-order valence-corrected chi connectivity index (χ4v) is 4.05. The van der Waals surface area contributed by atoms with Crippen molar-refractivity contribution in [1.82, 2.24) is 15.1 Å². The molecule has 1 fully saturated rings. The predicted molar refractivity (Wildman–Crippen MR) is 107 cm³/mol. The number of nitrogens with zero attached hydrogens (tertiary/aromatic N) is 3. The molecule has 1 atom stereocenters. The van der Waals surface area contributed by atoms with Crippen LogP contribution in [0.15, 0.2) is 33.4 Å². The Hall–Kier alpha value is -2.89. The molecule has 0 amide bonds. The minimum absolute atomic E-state index is 0.157. The summed E-state index contributed by atoms with van der Waals surface area (Å²) in [6.45, 7) is 8.16. The van der Waals surface area contributed by atoms with Gasteiger partial charge in [0.15, 0.2) is 0 Å². The van der Waals surface area contributed by atoms with Crippen molar-refractivity contribution in [3.63, 3.8) is 0 Å². The van der Waals surface area contributed by atoms with Gasteiger partial charge in [0.05, 0.1) is 16.7 Å². The van der Waals surface area contributed by atoms with Crippen LogP contribution in [0.25, 0.3) is 22.2 Å². The molecule has 1 aliphatic carbocycles. The molecule has 2 N–H and O–H groups in total. The summed E-state index contributed by atoms with van der Waals surface area (Å²) in [5.74, 6) is 1.83. The molecule has 138 valence electrons. The van der Waals surface area contributed by atoms with Crippen LogP contribution in [0, 0.1) is 13.8 Å². The Kier molecular flexibility index (Phi) is 3.50. The van der Waals surface area contributed by atoms with E-state index in [2.05, 4.69) is 46.4 Å². The van der Waals surface area contributed by atoms with Gasteiger partial charge < -0.3 is 14.8 Å². The molecule has 5 rings (SSSR count). The molecule has 1 aliphatic heterocycles. The van der Waals surface area contributed by atoms with Crippen LogP contribution in [0.4, 0.5) is 5.95 Å². The van der Waals surface area contributed by atoms with E-state index in [1.165, 1.54) is 24.0 Å². The largest absolute Gasteiger partial charge is 0.361 e. The lowest BCUT2D eigenvalue weighted by atomic mass is 9.87. The minimum Gasteiger partial charge on any atom is -0.361 e. The Bertz CT molecular complexity index is 1080. The number of aromatic nitrogens is 3. The molecule has 6 heteroatoms. The number of hydrogen-bond acceptors (Lipinski definition) is 5. The lowest BCUT2D eigenvalue weighted by Gasteiger charge is -2.15. The average Bonchev–Trinajstić information content (AvgIpc) is 3.10. The van der Waals surface area contributed by atoms with Gasteiger partial charge in [-0.15, -0.1) is 0 Å². The number of rotatable bonds is 4. The van der Waals surface area contributed by atoms with Crippen LogP contribution in [0.1, 0.15) is 49.6 Å². The Labute approximate surface area is 157 Å². The number of aliphatic imine (C=N–C) groups is 1. The first-order chi connectivity index (χ1) is 13.0. The van der Waals surface area contributed by atoms with Crippen molar-refractivity contribution in [1.29, 1.82) is 0 Å². The maximum Gasteiger partial charge on any atom is 0.201 e. The summed E-state index contributed by atoms with van der Waals surface area (Å²) in [6, 6.07) is 4.92. The van der Waals surface area contributed by atoms with Crippen molar-refractivity contribution in [3.05, 3.63) is 40.9 Å². The molecule has 3 heterocycles. The quantitative estimate of drug-likeness (QED) is 0.695. The first-order valence-corrected chi connectivity index (χ1v) is 9.45. The van der Waals surface area contributed by atoms with Crippen LogP contribution >= 0.6 is 0 Å². The van der Waals surface area contributed by atoms with E-state index in [4.69, 9.17) is 9.51 Å². The number of aromatic amines is 1. The number of aryl methyl sites for hydroxylation is 2. The van der Waals surface area contributed by atoms with Gasteiger partial charge >= 0.3 is 0 Å². The van der Waals surface area contributed by atoms with Crippen LogP contribution in [-0.2, 0) is 0 Å². The summed E-state index contributed by atoms with van der Waals surface area (Å²) in [6.07, 6.45) is 4.39. The zero-order valence-electron chi connectivity index (χ0n) is 16.1. The number of fused-ring (bicyclic) bond motifs is 1. The van der Waals surface area contributed by atoms with E-state index in [-0.39, 0.29) is 5.92 Å². The van der Waals surface area contributed by atoms with Crippen LogP contribution in [0.5, 0.6) is 0 Å². The van der Waals surface area contributed by atoms with Crippen LogP contribution in [-0.4, -0.2) is 26.9 Å². The van der Waals surface area contributed by atoms with E-state index in [1.54, 1.807) is 0 Å². The first kappa shape index (κ1) is 16.3. The lowest BCUT2D eigenvalue weighted by molar-refractivity contribution is 0.393. The van der Waals surface area contributed by atoms with Gasteiger partial charge in [0.1, 0.15) is 5.76 Å². The van der Waals surface area contributed by atoms with Gasteiger partial charge in [-0.1, -0.05) is 5.16 Å². The van der Waals surface area contributed by atoms with E-state index >= 15 is 0 Å². The van der Waals surface area contributed by atoms with Crippen molar-refractivity contribution in [2.45, 2.75) is 52.5 Å². The number of allylic oxidation sites excluding steroid dienone is 1. The Morgan fingerprint density at radius 3 is 2.59 bits per heavy atom. The zero-order valence-corrected chi connectivity index (χ0v) is 16.1. The third-order valence-corrected chi connectivity index (χ3v) is 5.51. The summed E-state index contributed by atoms with van der Waals surface area (Å²) >= 11 is 0. The number of hydrogen-bond donors (Lipinski definition) is 2. The Morgan fingerprint density at radius 1 is 1.15 bits per heavy atom. The summed E-state index contributed by atoms with van der Waals surface area (Å²) in [4.78, 5) is 12.9. The van der Waals surface area contributed by atoms with Crippen molar-refractivity contribution in [2.75, 3.05) is 5.32 Å². The molecule has 0 bridgehead atoms. The third-order valence-electron chi connectivity index (χ3n) is 5.51. The Balaban J connectivity index is 1.73. The standard InChI is InChI=1S/C21H23N5O/c1-10-9-22-11(2)18(10)16-7-14(19-12(3)26-27-13(19)4)8-17-20(16)25-21(24-17)23-15-5-6-15/h7-9,15,18H,5-6H2,1-4H3,(H2,23,24,25). The molecule has 0 spiro atoms. The van der Waals surface area contributed by atoms with E-state index in [0.29, 0.717) is 6.04 Å². The monoisotopic (exact) mass is 361 g/mol. The smallest absolute Gasteiger partial charge is 0.201 e. The molecule has 0 radical (unpaired) electrons. The van der Waals surface area contributed by atoms with E-state index in [1.807, 2.05) is 20.0 Å². The van der Waals surface area contributed by atoms with Gasteiger partial charge in [0, 0.05) is 29.4 Å². The zero-order chi connectivity index (χ0) is 18.7. The van der Waals surface area contributed by atoms with Crippen molar-refractivity contribution in [3.8, 4) is 11.1 Å². The van der Waals surface area contributed by atoms with Crippen LogP contribution in [0.3, 0.4) is 0 Å². The molecule has 2 aliphatic rings. The van der Waals surface area contributed by atoms with E-state index in [0.717, 1.165) is 45.3 Å². The van der Waals surface area contributed by atoms with Crippen LogP contribution in [0.2, 0.25) is 0 Å². The molecule has 6 nitrogen and oxygen atoms in total. The SMILES string of the molecule is CC1=CN=C(C)C1c1cc(-c2c(C)noc2C)cc2[nH]c(NC3CC3)nc12. The highest BCUT2D eigenvalue weighted by atomic mass is 16.5. The fourth-order valence-electron chi connectivity index (χ4n) is 4.05. The third kappa shape index (κ3) is 2.67. The van der Waals surface area contributed by atoms with Gasteiger partial charge in [0.2, 0.25) is 5.95 Å². The normalized spacial score (nSPS) is 19.5. The van der Waals surface area contributed by atoms with Gasteiger partial charge in [-0.05, 0) is 69.4 Å². The fraction of sp³-hybridized carbons (Fsp3) is 0.381. The topological polar surface area (TPSA) is 79.1 Å². The van der Waals surface area contributed by atoms with Gasteiger partial charge in [0.25, 0.3) is 0 Å². The summed E-state index contributed by atoms with van der Waals surface area (Å²) in [5, 5.41) is 7.61. The van der Waals surface area contributed by atoms with Crippen LogP contribution < -0.4 is 5.32 Å². The molecular weight excluding hydrogens is 338 g/mol. The minimum atomic E-state index is 0.157. The number of H-pyrrole nitrogens is 1. The maximum absolute atomic E-state index is 5.41. The number of anilines is 1. The first-order valence-electron chi connectivity index (χ1n) is 9.45. The summed E-state index contributed by atoms with van der Waals surface area (Å²) < 4.78 is 5.41. The molecule has 1 unspecified atom stereocenters. The molecular formula is C21H23N5O. The second-order valence-corrected chi connectivity index (χ2v) is 7.74. The van der Waals surface area contributed by atoms with Gasteiger partial charge in [-0.3, -0.25) is 4.99 Å². The summed E-state index contributed by atoms with van der Waals surface area (Å²) in [7, 11) is 0. The van der Waals surface area contributed by atoms with Crippen molar-refractivity contribution >= 4 is 22.7 Å². The summed E-state index contributed by atoms with van der Waals surface area (Å²) in [5.41, 5.74) is 8.60. The molecule has 3 aromatic rings. The highest BCUT2D eigenvalue weighted by molar-refractivity contribution is 5.99. The second-order valence-electron chi connectivity index (χ2n) is 7.74. The molecule has 1 saturated carbocycles. The van der Waals surface area contributed by atoms with Gasteiger partial charge in [-0.25, -0.2) is 4.98 Å².